The molecule has 1 aliphatic heterocycles. The van der Waals surface area contributed by atoms with Crippen LogP contribution in [0.4, 0.5) is 16.2 Å². The normalized spacial score (nSPS) is 24.0. The van der Waals surface area contributed by atoms with Gasteiger partial charge in [0.15, 0.2) is 0 Å². The number of nitrogens with zero attached hydrogens (tertiary/aromatic N) is 1. The molecule has 2 fully saturated rings. The first-order valence-corrected chi connectivity index (χ1v) is 10.3. The zero-order chi connectivity index (χ0) is 22.1. The number of carbonyl (C=O) groups is 4. The number of amides is 5. The van der Waals surface area contributed by atoms with Crippen molar-refractivity contribution in [2.45, 2.75) is 58.9 Å². The summed E-state index contributed by atoms with van der Waals surface area (Å²) in [5.74, 6) is -0.441. The van der Waals surface area contributed by atoms with E-state index >= 15 is 0 Å². The lowest BCUT2D eigenvalue weighted by molar-refractivity contribution is -0.135. The third-order valence-electron chi connectivity index (χ3n) is 6.10. The van der Waals surface area contributed by atoms with Crippen LogP contribution in [0, 0.1) is 11.3 Å². The third kappa shape index (κ3) is 4.63. The summed E-state index contributed by atoms with van der Waals surface area (Å²) in [7, 11) is 0. The van der Waals surface area contributed by atoms with Crippen LogP contribution in [-0.2, 0) is 14.4 Å². The van der Waals surface area contributed by atoms with Crippen LogP contribution >= 0.6 is 0 Å². The second kappa shape index (κ2) is 8.08. The van der Waals surface area contributed by atoms with E-state index in [1.165, 1.54) is 6.92 Å². The fraction of sp³-hybridized carbons (Fsp3) is 0.545. The Labute approximate surface area is 176 Å². The number of hydrogen-bond donors (Lipinski definition) is 3. The van der Waals surface area contributed by atoms with Crippen molar-refractivity contribution in [3.8, 4) is 0 Å². The third-order valence-corrected chi connectivity index (χ3v) is 6.10. The first kappa shape index (κ1) is 21.8. The molecule has 0 atom stereocenters. The number of anilines is 2. The van der Waals surface area contributed by atoms with Gasteiger partial charge in [-0.2, -0.15) is 0 Å². The van der Waals surface area contributed by atoms with Gasteiger partial charge in [-0.1, -0.05) is 20.8 Å². The molecule has 1 saturated carbocycles. The minimum absolute atomic E-state index is 0.169. The molecule has 3 N–H and O–H groups in total. The van der Waals surface area contributed by atoms with Gasteiger partial charge in [0.25, 0.3) is 5.91 Å². The standard InChI is InChI=1S/C22H30N4O4/c1-14(27)23-16-5-7-17(8-6-16)24-18(28)13-26-19(29)22(25-20(26)30)11-9-15(10-12-22)21(2,3)4/h5-8,15H,9-13H2,1-4H3,(H,23,27)(H,24,28)(H,25,30). The molecular formula is C22H30N4O4. The van der Waals surface area contributed by atoms with Crippen molar-refractivity contribution in [3.05, 3.63) is 24.3 Å². The summed E-state index contributed by atoms with van der Waals surface area (Å²) in [6, 6.07) is 6.10. The molecule has 5 amide bonds. The quantitative estimate of drug-likeness (QED) is 0.658. The van der Waals surface area contributed by atoms with Gasteiger partial charge >= 0.3 is 6.03 Å². The highest BCUT2D eigenvalue weighted by molar-refractivity contribution is 6.10. The van der Waals surface area contributed by atoms with E-state index in [-0.39, 0.29) is 23.8 Å². The molecule has 3 rings (SSSR count). The largest absolute Gasteiger partial charge is 0.326 e. The van der Waals surface area contributed by atoms with Gasteiger partial charge in [-0.05, 0) is 61.3 Å². The van der Waals surface area contributed by atoms with Gasteiger partial charge in [0.2, 0.25) is 11.8 Å². The van der Waals surface area contributed by atoms with Crippen LogP contribution in [0.15, 0.2) is 24.3 Å². The minimum atomic E-state index is -0.876. The number of urea groups is 1. The van der Waals surface area contributed by atoms with Gasteiger partial charge in [0, 0.05) is 18.3 Å². The Kier molecular flexibility index (Phi) is 5.87. The second-order valence-electron chi connectivity index (χ2n) is 9.35. The van der Waals surface area contributed by atoms with E-state index in [0.29, 0.717) is 30.1 Å². The maximum atomic E-state index is 13.0. The van der Waals surface area contributed by atoms with Gasteiger partial charge in [0.1, 0.15) is 12.1 Å². The highest BCUT2D eigenvalue weighted by atomic mass is 16.2. The zero-order valence-electron chi connectivity index (χ0n) is 18.0. The molecule has 1 saturated heterocycles. The van der Waals surface area contributed by atoms with E-state index in [2.05, 4.69) is 36.7 Å². The molecule has 0 aromatic heterocycles. The summed E-state index contributed by atoms with van der Waals surface area (Å²) in [4.78, 5) is 50.0. The van der Waals surface area contributed by atoms with E-state index in [9.17, 15) is 19.2 Å². The summed E-state index contributed by atoms with van der Waals surface area (Å²) in [6.07, 6.45) is 2.94. The second-order valence-corrected chi connectivity index (χ2v) is 9.35. The van der Waals surface area contributed by atoms with Crippen LogP contribution in [-0.4, -0.2) is 40.7 Å². The maximum absolute atomic E-state index is 13.0. The van der Waals surface area contributed by atoms with Crippen LogP contribution in [0.25, 0.3) is 0 Å². The summed E-state index contributed by atoms with van der Waals surface area (Å²) in [5, 5.41) is 8.18. The van der Waals surface area contributed by atoms with Crippen molar-refractivity contribution in [2.75, 3.05) is 17.2 Å². The molecule has 162 valence electrons. The lowest BCUT2D eigenvalue weighted by Crippen LogP contribution is -2.50. The highest BCUT2D eigenvalue weighted by Crippen LogP contribution is 2.43. The molecule has 8 nitrogen and oxygen atoms in total. The average Bonchev–Trinajstić information content (AvgIpc) is 2.87. The van der Waals surface area contributed by atoms with E-state index in [1.807, 2.05) is 0 Å². The predicted octanol–water partition coefficient (Wildman–Crippen LogP) is 3.11. The SMILES string of the molecule is CC(=O)Nc1ccc(NC(=O)CN2C(=O)NC3(CCC(C(C)(C)C)CC3)C2=O)cc1. The summed E-state index contributed by atoms with van der Waals surface area (Å²) >= 11 is 0. The van der Waals surface area contributed by atoms with E-state index in [0.717, 1.165) is 17.7 Å². The Morgan fingerprint density at radius 1 is 1.07 bits per heavy atom. The average molecular weight is 415 g/mol. The number of benzene rings is 1. The number of hydrogen-bond acceptors (Lipinski definition) is 4. The number of rotatable bonds is 4. The molecule has 1 heterocycles. The molecule has 30 heavy (non-hydrogen) atoms. The van der Waals surface area contributed by atoms with Gasteiger partial charge in [-0.15, -0.1) is 0 Å². The molecule has 0 bridgehead atoms. The summed E-state index contributed by atoms with van der Waals surface area (Å²) in [6.45, 7) is 7.68. The smallest absolute Gasteiger partial charge is 0.325 e. The van der Waals surface area contributed by atoms with Crippen LogP contribution in [0.3, 0.4) is 0 Å². The molecular weight excluding hydrogens is 384 g/mol. The molecule has 0 unspecified atom stereocenters. The lowest BCUT2D eigenvalue weighted by atomic mass is 9.67. The van der Waals surface area contributed by atoms with Gasteiger partial charge < -0.3 is 16.0 Å². The van der Waals surface area contributed by atoms with Crippen molar-refractivity contribution < 1.29 is 19.2 Å². The molecule has 1 aromatic carbocycles. The van der Waals surface area contributed by atoms with E-state index in [4.69, 9.17) is 0 Å². The van der Waals surface area contributed by atoms with Gasteiger partial charge in [-0.3, -0.25) is 19.3 Å². The van der Waals surface area contributed by atoms with Crippen molar-refractivity contribution in [2.24, 2.45) is 11.3 Å². The van der Waals surface area contributed by atoms with Crippen LogP contribution in [0.5, 0.6) is 0 Å². The van der Waals surface area contributed by atoms with Crippen molar-refractivity contribution in [1.29, 1.82) is 0 Å². The van der Waals surface area contributed by atoms with E-state index < -0.39 is 17.5 Å². The number of imide groups is 1. The fourth-order valence-electron chi connectivity index (χ4n) is 4.32. The molecule has 1 aliphatic carbocycles. The highest BCUT2D eigenvalue weighted by Gasteiger charge is 2.53. The molecule has 0 radical (unpaired) electrons. The van der Waals surface area contributed by atoms with Crippen LogP contribution in [0.1, 0.15) is 53.4 Å². The number of carbonyl (C=O) groups excluding carboxylic acids is 4. The number of nitrogens with one attached hydrogen (secondary N) is 3. The van der Waals surface area contributed by atoms with Crippen LogP contribution in [0.2, 0.25) is 0 Å². The van der Waals surface area contributed by atoms with Gasteiger partial charge in [-0.25, -0.2) is 4.79 Å². The Balaban J connectivity index is 1.59. The minimum Gasteiger partial charge on any atom is -0.326 e. The molecule has 1 aromatic rings. The zero-order valence-corrected chi connectivity index (χ0v) is 18.0. The Morgan fingerprint density at radius 3 is 2.10 bits per heavy atom. The maximum Gasteiger partial charge on any atom is 0.325 e. The van der Waals surface area contributed by atoms with Crippen molar-refractivity contribution >= 4 is 35.1 Å². The predicted molar refractivity (Wildman–Crippen MR) is 114 cm³/mol. The van der Waals surface area contributed by atoms with Gasteiger partial charge in [0.05, 0.1) is 0 Å². The van der Waals surface area contributed by atoms with Crippen LogP contribution < -0.4 is 16.0 Å². The Bertz CT molecular complexity index is 849. The topological polar surface area (TPSA) is 108 Å². The molecule has 2 aliphatic rings. The first-order chi connectivity index (χ1) is 14.0. The van der Waals surface area contributed by atoms with E-state index in [1.54, 1.807) is 24.3 Å². The Hall–Kier alpha value is -2.90. The molecule has 1 spiro atoms. The van der Waals surface area contributed by atoms with Crippen molar-refractivity contribution in [1.82, 2.24) is 10.2 Å². The first-order valence-electron chi connectivity index (χ1n) is 10.3. The fourth-order valence-corrected chi connectivity index (χ4v) is 4.32. The lowest BCUT2D eigenvalue weighted by Gasteiger charge is -2.40. The Morgan fingerprint density at radius 2 is 1.60 bits per heavy atom. The monoisotopic (exact) mass is 414 g/mol. The summed E-state index contributed by atoms with van der Waals surface area (Å²) < 4.78 is 0. The summed E-state index contributed by atoms with van der Waals surface area (Å²) in [5.41, 5.74) is 0.422. The molecule has 8 heteroatoms. The van der Waals surface area contributed by atoms with Crippen molar-refractivity contribution in [3.63, 3.8) is 0 Å².